The first-order valence-corrected chi connectivity index (χ1v) is 13.8. The number of esters is 1. The molecule has 2 heterocycles. The Hall–Kier alpha value is -3.94. The van der Waals surface area contributed by atoms with Crippen LogP contribution < -0.4 is 19.6 Å². The largest absolute Gasteiger partial charge is 0.489 e. The third-order valence-electron chi connectivity index (χ3n) is 6.38. The van der Waals surface area contributed by atoms with Crippen molar-refractivity contribution in [3.05, 3.63) is 131 Å². The molecule has 4 aromatic rings. The molecule has 1 atom stereocenters. The maximum absolute atomic E-state index is 13.8. The van der Waals surface area contributed by atoms with Gasteiger partial charge < -0.3 is 9.47 Å². The van der Waals surface area contributed by atoms with Crippen LogP contribution in [-0.2, 0) is 16.1 Å². The van der Waals surface area contributed by atoms with Gasteiger partial charge in [-0.25, -0.2) is 9.79 Å². The van der Waals surface area contributed by atoms with Crippen LogP contribution in [0.15, 0.2) is 93.9 Å². The number of fused-ring (bicyclic) bond motifs is 1. The Morgan fingerprint density at radius 2 is 1.82 bits per heavy atom. The van der Waals surface area contributed by atoms with E-state index in [0.29, 0.717) is 38.0 Å². The molecule has 0 unspecified atom stereocenters. The molecule has 1 aliphatic heterocycles. The summed E-state index contributed by atoms with van der Waals surface area (Å²) in [6, 6.07) is 22.3. The van der Waals surface area contributed by atoms with Gasteiger partial charge in [-0.1, -0.05) is 77.0 Å². The van der Waals surface area contributed by atoms with Gasteiger partial charge in [-0.2, -0.15) is 0 Å². The highest BCUT2D eigenvalue weighted by molar-refractivity contribution is 7.07. The summed E-state index contributed by atoms with van der Waals surface area (Å²) < 4.78 is 13.4. The Labute approximate surface area is 235 Å². The summed E-state index contributed by atoms with van der Waals surface area (Å²) in [6.07, 6.45) is 1.83. The van der Waals surface area contributed by atoms with Crippen LogP contribution in [0.1, 0.15) is 42.1 Å². The van der Waals surface area contributed by atoms with Crippen molar-refractivity contribution in [3.63, 3.8) is 0 Å². The van der Waals surface area contributed by atoms with E-state index in [4.69, 9.17) is 21.1 Å². The molecule has 0 spiro atoms. The van der Waals surface area contributed by atoms with E-state index in [1.165, 1.54) is 11.3 Å². The second-order valence-corrected chi connectivity index (χ2v) is 10.6. The Balaban J connectivity index is 1.53. The second-order valence-electron chi connectivity index (χ2n) is 9.20. The Morgan fingerprint density at radius 3 is 2.54 bits per heavy atom. The fourth-order valence-corrected chi connectivity index (χ4v) is 5.62. The number of allylic oxidation sites excluding steroid dienone is 1. The van der Waals surface area contributed by atoms with Gasteiger partial charge in [-0.05, 0) is 67.8 Å². The Morgan fingerprint density at radius 1 is 1.08 bits per heavy atom. The highest BCUT2D eigenvalue weighted by Gasteiger charge is 2.33. The van der Waals surface area contributed by atoms with Crippen LogP contribution >= 0.6 is 22.9 Å². The van der Waals surface area contributed by atoms with E-state index in [2.05, 4.69) is 4.99 Å². The predicted molar refractivity (Wildman–Crippen MR) is 154 cm³/mol. The van der Waals surface area contributed by atoms with Gasteiger partial charge in [0.15, 0.2) is 4.80 Å². The van der Waals surface area contributed by atoms with Gasteiger partial charge >= 0.3 is 5.97 Å². The van der Waals surface area contributed by atoms with Crippen LogP contribution in [0.5, 0.6) is 5.75 Å². The molecule has 8 heteroatoms. The number of ether oxygens (including phenoxy) is 2. The third kappa shape index (κ3) is 5.75. The van der Waals surface area contributed by atoms with E-state index >= 15 is 0 Å². The summed E-state index contributed by atoms with van der Waals surface area (Å²) in [7, 11) is 0. The highest BCUT2D eigenvalue weighted by Crippen LogP contribution is 2.30. The molecular weight excluding hydrogens is 532 g/mol. The molecule has 0 bridgehead atoms. The van der Waals surface area contributed by atoms with Gasteiger partial charge in [-0.3, -0.25) is 9.36 Å². The minimum absolute atomic E-state index is 0.217. The van der Waals surface area contributed by atoms with E-state index in [1.54, 1.807) is 18.4 Å². The van der Waals surface area contributed by atoms with Gasteiger partial charge in [0.25, 0.3) is 5.56 Å². The predicted octanol–water partition coefficient (Wildman–Crippen LogP) is 5.34. The van der Waals surface area contributed by atoms with E-state index in [9.17, 15) is 9.59 Å². The summed E-state index contributed by atoms with van der Waals surface area (Å²) in [5.74, 6) is 0.216. The molecule has 39 heavy (non-hydrogen) atoms. The zero-order valence-corrected chi connectivity index (χ0v) is 23.4. The van der Waals surface area contributed by atoms with Gasteiger partial charge in [0.2, 0.25) is 0 Å². The van der Waals surface area contributed by atoms with Crippen molar-refractivity contribution in [2.24, 2.45) is 4.99 Å². The van der Waals surface area contributed by atoms with Crippen LogP contribution in [0, 0.1) is 6.92 Å². The fourth-order valence-electron chi connectivity index (χ4n) is 4.45. The number of benzene rings is 3. The molecule has 1 aliphatic rings. The van der Waals surface area contributed by atoms with Crippen molar-refractivity contribution in [1.82, 2.24) is 4.57 Å². The fraction of sp³-hybridized carbons (Fsp3) is 0.194. The molecule has 0 fully saturated rings. The molecule has 5 rings (SSSR count). The molecule has 3 aromatic carbocycles. The maximum atomic E-state index is 13.8. The molecular formula is C31H27ClN2O4S. The number of halogens is 1. The van der Waals surface area contributed by atoms with Crippen LogP contribution in [0.2, 0.25) is 5.02 Å². The number of rotatable bonds is 7. The number of carbonyl (C=O) groups excluding carboxylic acids is 1. The van der Waals surface area contributed by atoms with Crippen LogP contribution in [-0.4, -0.2) is 17.1 Å². The molecule has 1 aromatic heterocycles. The summed E-state index contributed by atoms with van der Waals surface area (Å²) in [4.78, 5) is 32.0. The highest BCUT2D eigenvalue weighted by atomic mass is 35.5. The molecule has 0 amide bonds. The monoisotopic (exact) mass is 558 g/mol. The first kappa shape index (κ1) is 26.7. The summed E-state index contributed by atoms with van der Waals surface area (Å²) in [6.45, 7) is 6.17. The van der Waals surface area contributed by atoms with Crippen LogP contribution in [0.3, 0.4) is 0 Å². The van der Waals surface area contributed by atoms with E-state index in [1.807, 2.05) is 85.8 Å². The molecule has 0 saturated carbocycles. The second kappa shape index (κ2) is 11.4. The van der Waals surface area contributed by atoms with Crippen molar-refractivity contribution in [2.75, 3.05) is 6.61 Å². The standard InChI is InChI=1S/C31H27ClN2O4S/c1-4-37-30(36)27-20(3)33-31-34(28(27)23-12-8-19(2)9-13-23)29(35)26(39-31)17-22-6-5-7-25(16-22)38-18-21-10-14-24(32)15-11-21/h5-17,28H,4,18H2,1-3H3/b26-17-/t28-/m1/s1. The topological polar surface area (TPSA) is 69.9 Å². The third-order valence-corrected chi connectivity index (χ3v) is 7.62. The van der Waals surface area contributed by atoms with Crippen molar-refractivity contribution in [1.29, 1.82) is 0 Å². The van der Waals surface area contributed by atoms with Crippen LogP contribution in [0.4, 0.5) is 0 Å². The number of hydrogen-bond donors (Lipinski definition) is 0. The summed E-state index contributed by atoms with van der Waals surface area (Å²) >= 11 is 7.26. The lowest BCUT2D eigenvalue weighted by atomic mass is 9.95. The van der Waals surface area contributed by atoms with Gasteiger partial charge in [0.1, 0.15) is 12.4 Å². The summed E-state index contributed by atoms with van der Waals surface area (Å²) in [5, 5.41) is 0.677. The minimum atomic E-state index is -0.628. The number of aromatic nitrogens is 1. The van der Waals surface area contributed by atoms with Crippen molar-refractivity contribution >= 4 is 35.0 Å². The first-order chi connectivity index (χ1) is 18.8. The molecule has 0 saturated heterocycles. The van der Waals surface area contributed by atoms with E-state index < -0.39 is 12.0 Å². The zero-order valence-electron chi connectivity index (χ0n) is 21.8. The van der Waals surface area contributed by atoms with Crippen molar-refractivity contribution < 1.29 is 14.3 Å². The molecule has 198 valence electrons. The van der Waals surface area contributed by atoms with Crippen molar-refractivity contribution in [3.8, 4) is 5.75 Å². The Kier molecular flexibility index (Phi) is 7.82. The number of carbonyl (C=O) groups is 1. The number of nitrogens with zero attached hydrogens (tertiary/aromatic N) is 2. The first-order valence-electron chi connectivity index (χ1n) is 12.6. The van der Waals surface area contributed by atoms with E-state index in [-0.39, 0.29) is 12.2 Å². The normalized spacial score (nSPS) is 15.1. The average Bonchev–Trinajstić information content (AvgIpc) is 3.22. The lowest BCUT2D eigenvalue weighted by Crippen LogP contribution is -2.39. The maximum Gasteiger partial charge on any atom is 0.338 e. The lowest BCUT2D eigenvalue weighted by molar-refractivity contribution is -0.139. The number of hydrogen-bond acceptors (Lipinski definition) is 6. The molecule has 0 radical (unpaired) electrons. The minimum Gasteiger partial charge on any atom is -0.489 e. The van der Waals surface area contributed by atoms with Gasteiger partial charge in [-0.15, -0.1) is 0 Å². The molecule has 6 nitrogen and oxygen atoms in total. The lowest BCUT2D eigenvalue weighted by Gasteiger charge is -2.24. The SMILES string of the molecule is CCOC(=O)C1=C(C)N=c2s/c(=C\c3cccc(OCc4ccc(Cl)cc4)c3)c(=O)n2[C@@H]1c1ccc(C)cc1. The number of thiazole rings is 1. The summed E-state index contributed by atoms with van der Waals surface area (Å²) in [5.41, 5.74) is 4.43. The van der Waals surface area contributed by atoms with Crippen LogP contribution in [0.25, 0.3) is 6.08 Å². The molecule has 0 N–H and O–H groups in total. The zero-order chi connectivity index (χ0) is 27.5. The van der Waals surface area contributed by atoms with Crippen molar-refractivity contribution in [2.45, 2.75) is 33.4 Å². The average molecular weight is 559 g/mol. The van der Waals surface area contributed by atoms with Gasteiger partial charge in [0.05, 0.1) is 28.5 Å². The van der Waals surface area contributed by atoms with E-state index in [0.717, 1.165) is 22.3 Å². The van der Waals surface area contributed by atoms with Gasteiger partial charge in [0, 0.05) is 5.02 Å². The number of aryl methyl sites for hydroxylation is 1. The Bertz CT molecular complexity index is 1740. The quantitative estimate of drug-likeness (QED) is 0.287. The molecule has 0 aliphatic carbocycles. The smallest absolute Gasteiger partial charge is 0.338 e.